The summed E-state index contributed by atoms with van der Waals surface area (Å²) in [6, 6.07) is 11.4. The minimum absolute atomic E-state index is 0.553. The van der Waals surface area contributed by atoms with Crippen LogP contribution in [0.2, 0.25) is 0 Å². The van der Waals surface area contributed by atoms with Gasteiger partial charge in [0.2, 0.25) is 0 Å². The Hall–Kier alpha value is -1.87. The number of rotatable bonds is 3. The van der Waals surface area contributed by atoms with Gasteiger partial charge in [-0.1, -0.05) is 12.1 Å². The van der Waals surface area contributed by atoms with Crippen LogP contribution >= 0.6 is 0 Å². The van der Waals surface area contributed by atoms with E-state index in [1.165, 1.54) is 0 Å². The van der Waals surface area contributed by atoms with Crippen molar-refractivity contribution in [2.24, 2.45) is 0 Å². The summed E-state index contributed by atoms with van der Waals surface area (Å²) < 4.78 is 5.65. The molecule has 0 unspecified atom stereocenters. The van der Waals surface area contributed by atoms with E-state index in [1.807, 2.05) is 31.2 Å². The van der Waals surface area contributed by atoms with Gasteiger partial charge in [-0.15, -0.1) is 0 Å². The zero-order valence-corrected chi connectivity index (χ0v) is 9.92. The molecule has 0 aliphatic carbocycles. The lowest BCUT2D eigenvalue weighted by molar-refractivity contribution is 0.194. The number of aliphatic hydroxyl groups is 1. The first kappa shape index (κ1) is 11.6. The zero-order chi connectivity index (χ0) is 12.3. The van der Waals surface area contributed by atoms with Gasteiger partial charge in [-0.2, -0.15) is 0 Å². The van der Waals surface area contributed by atoms with Gasteiger partial charge >= 0.3 is 0 Å². The van der Waals surface area contributed by atoms with Crippen LogP contribution in [0.1, 0.15) is 24.3 Å². The Morgan fingerprint density at radius 1 is 1.18 bits per heavy atom. The van der Waals surface area contributed by atoms with Crippen LogP contribution < -0.4 is 4.74 Å². The third-order valence-electron chi connectivity index (χ3n) is 2.41. The highest BCUT2D eigenvalue weighted by atomic mass is 16.5. The smallest absolute Gasteiger partial charge is 0.145 e. The van der Waals surface area contributed by atoms with Gasteiger partial charge in [-0.3, -0.25) is 4.98 Å². The molecule has 17 heavy (non-hydrogen) atoms. The van der Waals surface area contributed by atoms with Crippen LogP contribution in [0, 0.1) is 6.92 Å². The summed E-state index contributed by atoms with van der Waals surface area (Å²) in [5.74, 6) is 1.46. The Balaban J connectivity index is 2.14. The van der Waals surface area contributed by atoms with E-state index in [-0.39, 0.29) is 0 Å². The number of hydrogen-bond acceptors (Lipinski definition) is 3. The molecule has 0 amide bonds. The molecule has 0 aliphatic rings. The fourth-order valence-corrected chi connectivity index (χ4v) is 1.51. The highest BCUT2D eigenvalue weighted by Crippen LogP contribution is 2.22. The second-order valence-corrected chi connectivity index (χ2v) is 4.01. The molecule has 2 rings (SSSR count). The largest absolute Gasteiger partial charge is 0.456 e. The Labute approximate surface area is 101 Å². The summed E-state index contributed by atoms with van der Waals surface area (Å²) in [7, 11) is 0. The van der Waals surface area contributed by atoms with Crippen LogP contribution in [0.5, 0.6) is 11.5 Å². The van der Waals surface area contributed by atoms with Gasteiger partial charge in [-0.25, -0.2) is 0 Å². The van der Waals surface area contributed by atoms with Gasteiger partial charge in [-0.05, 0) is 43.7 Å². The van der Waals surface area contributed by atoms with Crippen molar-refractivity contribution in [3.05, 3.63) is 53.9 Å². The lowest BCUT2D eigenvalue weighted by atomic mass is 10.2. The Kier molecular flexibility index (Phi) is 3.40. The maximum absolute atomic E-state index is 9.34. The number of benzene rings is 1. The quantitative estimate of drug-likeness (QED) is 0.878. The van der Waals surface area contributed by atoms with Crippen molar-refractivity contribution < 1.29 is 9.84 Å². The van der Waals surface area contributed by atoms with E-state index in [0.717, 1.165) is 11.3 Å². The standard InChI is InChI=1S/C14H15NO2/c1-10-4-3-5-12(8-10)17-13-6-7-14(11(2)16)15-9-13/h3-9,11,16H,1-2H3/t11-/m0/s1. The molecule has 0 saturated carbocycles. The summed E-state index contributed by atoms with van der Waals surface area (Å²) in [5, 5.41) is 9.34. The van der Waals surface area contributed by atoms with Gasteiger partial charge in [0.15, 0.2) is 0 Å². The SMILES string of the molecule is Cc1cccc(Oc2ccc([C@H](C)O)nc2)c1. The number of aryl methyl sites for hydroxylation is 1. The maximum Gasteiger partial charge on any atom is 0.145 e. The lowest BCUT2D eigenvalue weighted by Crippen LogP contribution is -1.95. The zero-order valence-electron chi connectivity index (χ0n) is 9.92. The van der Waals surface area contributed by atoms with E-state index in [2.05, 4.69) is 4.98 Å². The van der Waals surface area contributed by atoms with Crippen LogP contribution in [-0.2, 0) is 0 Å². The van der Waals surface area contributed by atoms with Gasteiger partial charge in [0, 0.05) is 0 Å². The minimum Gasteiger partial charge on any atom is -0.456 e. The Bertz CT molecular complexity index is 492. The molecule has 1 N–H and O–H groups in total. The van der Waals surface area contributed by atoms with E-state index >= 15 is 0 Å². The van der Waals surface area contributed by atoms with Gasteiger partial charge < -0.3 is 9.84 Å². The highest BCUT2D eigenvalue weighted by Gasteiger charge is 2.03. The van der Waals surface area contributed by atoms with Crippen molar-refractivity contribution in [1.82, 2.24) is 4.98 Å². The fourth-order valence-electron chi connectivity index (χ4n) is 1.51. The molecule has 0 radical (unpaired) electrons. The predicted octanol–water partition coefficient (Wildman–Crippen LogP) is 3.24. The van der Waals surface area contributed by atoms with Crippen LogP contribution in [-0.4, -0.2) is 10.1 Å². The number of aliphatic hydroxyl groups excluding tert-OH is 1. The minimum atomic E-state index is -0.553. The Morgan fingerprint density at radius 3 is 2.59 bits per heavy atom. The molecule has 0 spiro atoms. The second-order valence-electron chi connectivity index (χ2n) is 4.01. The highest BCUT2D eigenvalue weighted by molar-refractivity contribution is 5.32. The van der Waals surface area contributed by atoms with Gasteiger partial charge in [0.05, 0.1) is 18.0 Å². The molecule has 3 heteroatoms. The molecule has 2 aromatic rings. The van der Waals surface area contributed by atoms with E-state index in [1.54, 1.807) is 25.3 Å². The van der Waals surface area contributed by atoms with E-state index in [4.69, 9.17) is 4.74 Å². The normalized spacial score (nSPS) is 12.2. The third kappa shape index (κ3) is 3.04. The van der Waals surface area contributed by atoms with Crippen LogP contribution in [0.3, 0.4) is 0 Å². The summed E-state index contributed by atoms with van der Waals surface area (Å²) in [6.07, 6.45) is 1.06. The Morgan fingerprint density at radius 2 is 2.00 bits per heavy atom. The third-order valence-corrected chi connectivity index (χ3v) is 2.41. The summed E-state index contributed by atoms with van der Waals surface area (Å²) in [4.78, 5) is 4.12. The number of ether oxygens (including phenoxy) is 1. The molecule has 0 saturated heterocycles. The second kappa shape index (κ2) is 4.97. The fraction of sp³-hybridized carbons (Fsp3) is 0.214. The van der Waals surface area contributed by atoms with Crippen LogP contribution in [0.25, 0.3) is 0 Å². The number of nitrogens with zero attached hydrogens (tertiary/aromatic N) is 1. The van der Waals surface area contributed by atoms with E-state index in [0.29, 0.717) is 11.4 Å². The summed E-state index contributed by atoms with van der Waals surface area (Å²) in [5.41, 5.74) is 1.79. The number of hydrogen-bond donors (Lipinski definition) is 1. The van der Waals surface area contributed by atoms with Gasteiger partial charge in [0.1, 0.15) is 11.5 Å². The van der Waals surface area contributed by atoms with Crippen molar-refractivity contribution in [2.45, 2.75) is 20.0 Å². The average molecular weight is 229 g/mol. The molecule has 1 aromatic carbocycles. The molecule has 3 nitrogen and oxygen atoms in total. The van der Waals surface area contributed by atoms with Crippen molar-refractivity contribution in [2.75, 3.05) is 0 Å². The van der Waals surface area contributed by atoms with Crippen molar-refractivity contribution in [3.8, 4) is 11.5 Å². The number of aromatic nitrogens is 1. The molecular formula is C14H15NO2. The molecule has 0 aliphatic heterocycles. The molecule has 0 fully saturated rings. The molecule has 88 valence electrons. The molecule has 1 aromatic heterocycles. The van der Waals surface area contributed by atoms with E-state index in [9.17, 15) is 5.11 Å². The van der Waals surface area contributed by atoms with Gasteiger partial charge in [0.25, 0.3) is 0 Å². The summed E-state index contributed by atoms with van der Waals surface area (Å²) in [6.45, 7) is 3.70. The van der Waals surface area contributed by atoms with Crippen molar-refractivity contribution >= 4 is 0 Å². The summed E-state index contributed by atoms with van der Waals surface area (Å²) >= 11 is 0. The van der Waals surface area contributed by atoms with Crippen LogP contribution in [0.4, 0.5) is 0 Å². The first-order valence-corrected chi connectivity index (χ1v) is 5.54. The van der Waals surface area contributed by atoms with Crippen LogP contribution in [0.15, 0.2) is 42.6 Å². The molecule has 1 heterocycles. The van der Waals surface area contributed by atoms with Crippen molar-refractivity contribution in [1.29, 1.82) is 0 Å². The molecule has 1 atom stereocenters. The first-order valence-electron chi connectivity index (χ1n) is 5.54. The lowest BCUT2D eigenvalue weighted by Gasteiger charge is -2.07. The topological polar surface area (TPSA) is 42.4 Å². The average Bonchev–Trinajstić information content (AvgIpc) is 2.29. The van der Waals surface area contributed by atoms with Crippen molar-refractivity contribution in [3.63, 3.8) is 0 Å². The monoisotopic (exact) mass is 229 g/mol. The molecule has 0 bridgehead atoms. The maximum atomic E-state index is 9.34. The number of pyridine rings is 1. The molecular weight excluding hydrogens is 214 g/mol. The predicted molar refractivity (Wildman–Crippen MR) is 66.1 cm³/mol. The first-order chi connectivity index (χ1) is 8.15. The van der Waals surface area contributed by atoms with E-state index < -0.39 is 6.10 Å².